The molecule has 4 fully saturated rings. The summed E-state index contributed by atoms with van der Waals surface area (Å²) in [6, 6.07) is -1.31. The standard InChI is InChI=1S/C31H49N3O5/c1-7-17-32(6)27(36)24-25-28(37)34(23(20-35)19-21(4)5)26(31(25)16-15-30(24,9-3)39-31)29(38)33(18-8-2)22-13-11-10-12-14-22/h7-8,21-26,35H,1-2,9-20H2,3-6H3/t23-,24+,25+,26?,30-,31?/m1/s1. The van der Waals surface area contributed by atoms with Gasteiger partial charge in [0.1, 0.15) is 11.6 Å². The first-order valence-corrected chi connectivity index (χ1v) is 15.0. The lowest BCUT2D eigenvalue weighted by Crippen LogP contribution is -2.60. The minimum atomic E-state index is -1.09. The largest absolute Gasteiger partial charge is 0.394 e. The molecule has 3 amide bonds. The van der Waals surface area contributed by atoms with Crippen LogP contribution < -0.4 is 0 Å². The van der Waals surface area contributed by atoms with E-state index in [1.807, 2.05) is 11.8 Å². The van der Waals surface area contributed by atoms with Gasteiger partial charge in [0.2, 0.25) is 17.7 Å². The van der Waals surface area contributed by atoms with Gasteiger partial charge in [-0.3, -0.25) is 14.4 Å². The number of hydrogen-bond donors (Lipinski definition) is 1. The van der Waals surface area contributed by atoms with E-state index in [-0.39, 0.29) is 36.3 Å². The summed E-state index contributed by atoms with van der Waals surface area (Å²) in [4.78, 5) is 48.4. The molecule has 2 unspecified atom stereocenters. The van der Waals surface area contributed by atoms with E-state index >= 15 is 0 Å². The maximum atomic E-state index is 14.7. The molecule has 8 nitrogen and oxygen atoms in total. The van der Waals surface area contributed by atoms with Gasteiger partial charge in [0, 0.05) is 26.2 Å². The first kappa shape index (κ1) is 29.8. The zero-order valence-corrected chi connectivity index (χ0v) is 24.4. The Labute approximate surface area is 234 Å². The molecule has 0 radical (unpaired) electrons. The molecule has 1 N–H and O–H groups in total. The summed E-state index contributed by atoms with van der Waals surface area (Å²) in [5.74, 6) is -1.70. The topological polar surface area (TPSA) is 90.4 Å². The van der Waals surface area contributed by atoms with Crippen LogP contribution in [0.5, 0.6) is 0 Å². The summed E-state index contributed by atoms with van der Waals surface area (Å²) in [7, 11) is 1.73. The van der Waals surface area contributed by atoms with Crippen molar-refractivity contribution < 1.29 is 24.2 Å². The van der Waals surface area contributed by atoms with E-state index in [1.165, 1.54) is 0 Å². The third-order valence-corrected chi connectivity index (χ3v) is 9.87. The minimum Gasteiger partial charge on any atom is -0.394 e. The minimum absolute atomic E-state index is 0.0872. The molecule has 2 bridgehead atoms. The molecule has 0 aromatic rings. The smallest absolute Gasteiger partial charge is 0.248 e. The molecule has 3 saturated heterocycles. The molecule has 1 aliphatic carbocycles. The van der Waals surface area contributed by atoms with Crippen LogP contribution in [0.15, 0.2) is 25.3 Å². The molecule has 8 heteroatoms. The summed E-state index contributed by atoms with van der Waals surface area (Å²) in [6.07, 6.45) is 10.9. The summed E-state index contributed by atoms with van der Waals surface area (Å²) in [6.45, 7) is 14.4. The number of amides is 3. The van der Waals surface area contributed by atoms with E-state index in [1.54, 1.807) is 29.0 Å². The van der Waals surface area contributed by atoms with Gasteiger partial charge in [-0.15, -0.1) is 13.2 Å². The molecule has 218 valence electrons. The highest BCUT2D eigenvalue weighted by molar-refractivity contribution is 5.99. The number of fused-ring (bicyclic) bond motifs is 1. The highest BCUT2D eigenvalue weighted by Gasteiger charge is 2.79. The SMILES string of the molecule is C=CCN(C)C(=O)[C@@H]1[C@H]2C(=O)N([C@@H](CO)CC(C)C)C(C(=O)N(CC=C)C3CCCCC3)C23CC[C@@]1(CC)O3. The van der Waals surface area contributed by atoms with Crippen molar-refractivity contribution in [3.05, 3.63) is 25.3 Å². The Morgan fingerprint density at radius 1 is 1.13 bits per heavy atom. The lowest BCUT2D eigenvalue weighted by atomic mass is 9.64. The van der Waals surface area contributed by atoms with Gasteiger partial charge in [0.25, 0.3) is 0 Å². The molecule has 0 aromatic carbocycles. The van der Waals surface area contributed by atoms with Crippen molar-refractivity contribution in [2.45, 2.75) is 108 Å². The molecule has 39 heavy (non-hydrogen) atoms. The monoisotopic (exact) mass is 543 g/mol. The molecular weight excluding hydrogens is 494 g/mol. The fourth-order valence-corrected chi connectivity index (χ4v) is 8.15. The van der Waals surface area contributed by atoms with Crippen molar-refractivity contribution >= 4 is 17.7 Å². The number of likely N-dealkylation sites (N-methyl/N-ethyl adjacent to an activating group) is 1. The van der Waals surface area contributed by atoms with E-state index in [0.717, 1.165) is 32.1 Å². The highest BCUT2D eigenvalue weighted by atomic mass is 16.5. The molecule has 0 aromatic heterocycles. The van der Waals surface area contributed by atoms with Crippen LogP contribution in [0.2, 0.25) is 0 Å². The van der Waals surface area contributed by atoms with Gasteiger partial charge in [-0.25, -0.2) is 0 Å². The lowest BCUT2D eigenvalue weighted by Gasteiger charge is -2.42. The van der Waals surface area contributed by atoms with Crippen LogP contribution in [0.1, 0.15) is 78.6 Å². The number of rotatable bonds is 12. The average Bonchev–Trinajstić information content (AvgIpc) is 3.53. The van der Waals surface area contributed by atoms with E-state index in [2.05, 4.69) is 27.0 Å². The van der Waals surface area contributed by atoms with Gasteiger partial charge in [-0.1, -0.05) is 52.2 Å². The predicted octanol–water partition coefficient (Wildman–Crippen LogP) is 3.54. The van der Waals surface area contributed by atoms with Crippen LogP contribution in [0.25, 0.3) is 0 Å². The second kappa shape index (κ2) is 11.7. The molecule has 1 saturated carbocycles. The van der Waals surface area contributed by atoms with Crippen LogP contribution >= 0.6 is 0 Å². The third kappa shape index (κ3) is 4.86. The lowest BCUT2D eigenvalue weighted by molar-refractivity contribution is -0.159. The Bertz CT molecular complexity index is 962. The van der Waals surface area contributed by atoms with Crippen molar-refractivity contribution in [1.82, 2.24) is 14.7 Å². The average molecular weight is 544 g/mol. The zero-order chi connectivity index (χ0) is 28.5. The van der Waals surface area contributed by atoms with Crippen LogP contribution in [-0.4, -0.2) is 93.6 Å². The molecule has 1 spiro atoms. The summed E-state index contributed by atoms with van der Waals surface area (Å²) >= 11 is 0. The van der Waals surface area contributed by atoms with E-state index in [0.29, 0.717) is 38.8 Å². The van der Waals surface area contributed by atoms with E-state index < -0.39 is 35.1 Å². The van der Waals surface area contributed by atoms with Crippen molar-refractivity contribution in [2.24, 2.45) is 17.8 Å². The number of aliphatic hydroxyl groups is 1. The Morgan fingerprint density at radius 3 is 2.36 bits per heavy atom. The molecular formula is C31H49N3O5. The van der Waals surface area contributed by atoms with Crippen LogP contribution in [0, 0.1) is 17.8 Å². The van der Waals surface area contributed by atoms with Crippen LogP contribution in [0.3, 0.4) is 0 Å². The first-order valence-electron chi connectivity index (χ1n) is 15.0. The number of aliphatic hydroxyl groups excluding tert-OH is 1. The Balaban J connectivity index is 1.83. The van der Waals surface area contributed by atoms with E-state index in [4.69, 9.17) is 4.74 Å². The molecule has 4 rings (SSSR count). The van der Waals surface area contributed by atoms with Gasteiger partial charge >= 0.3 is 0 Å². The fraction of sp³-hybridized carbons (Fsp3) is 0.774. The van der Waals surface area contributed by atoms with E-state index in [9.17, 15) is 19.5 Å². The predicted molar refractivity (Wildman–Crippen MR) is 151 cm³/mol. The summed E-state index contributed by atoms with van der Waals surface area (Å²) in [5.41, 5.74) is -1.86. The van der Waals surface area contributed by atoms with Gasteiger partial charge in [-0.05, 0) is 44.4 Å². The van der Waals surface area contributed by atoms with Gasteiger partial charge in [-0.2, -0.15) is 0 Å². The van der Waals surface area contributed by atoms with Crippen molar-refractivity contribution in [2.75, 3.05) is 26.7 Å². The molecule has 4 aliphatic rings. The van der Waals surface area contributed by atoms with Crippen LogP contribution in [-0.2, 0) is 19.1 Å². The zero-order valence-electron chi connectivity index (χ0n) is 24.4. The van der Waals surface area contributed by atoms with Gasteiger partial charge in [0.05, 0.1) is 30.1 Å². The molecule has 6 atom stereocenters. The number of carbonyl (C=O) groups excluding carboxylic acids is 3. The molecule has 3 heterocycles. The summed E-state index contributed by atoms with van der Waals surface area (Å²) < 4.78 is 6.94. The highest BCUT2D eigenvalue weighted by Crippen LogP contribution is 2.65. The molecule has 3 aliphatic heterocycles. The number of ether oxygens (including phenoxy) is 1. The second-order valence-electron chi connectivity index (χ2n) is 12.6. The van der Waals surface area contributed by atoms with Gasteiger partial charge in [0.15, 0.2) is 0 Å². The Morgan fingerprint density at radius 2 is 1.79 bits per heavy atom. The fourth-order valence-electron chi connectivity index (χ4n) is 8.15. The third-order valence-electron chi connectivity index (χ3n) is 9.87. The van der Waals surface area contributed by atoms with Crippen molar-refractivity contribution in [3.63, 3.8) is 0 Å². The number of nitrogens with zero attached hydrogens (tertiary/aromatic N) is 3. The maximum Gasteiger partial charge on any atom is 0.248 e. The number of carbonyl (C=O) groups is 3. The first-order chi connectivity index (χ1) is 18.6. The van der Waals surface area contributed by atoms with Crippen molar-refractivity contribution in [1.29, 1.82) is 0 Å². The summed E-state index contributed by atoms with van der Waals surface area (Å²) in [5, 5.41) is 10.5. The maximum absolute atomic E-state index is 14.7. The van der Waals surface area contributed by atoms with Crippen molar-refractivity contribution in [3.8, 4) is 0 Å². The number of likely N-dealkylation sites (tertiary alicyclic amines) is 1. The number of hydrogen-bond acceptors (Lipinski definition) is 5. The second-order valence-corrected chi connectivity index (χ2v) is 12.6. The van der Waals surface area contributed by atoms with Gasteiger partial charge < -0.3 is 24.5 Å². The Kier molecular flexibility index (Phi) is 8.96. The Hall–Kier alpha value is -2.19. The quantitative estimate of drug-likeness (QED) is 0.380. The normalized spacial score (nSPS) is 32.8. The van der Waals surface area contributed by atoms with Crippen LogP contribution in [0.4, 0.5) is 0 Å².